The van der Waals surface area contributed by atoms with Crippen LogP contribution in [0, 0.1) is 0 Å². The number of hydrogen-bond donors (Lipinski definition) is 0. The summed E-state index contributed by atoms with van der Waals surface area (Å²) in [4.78, 5) is 16.2. The van der Waals surface area contributed by atoms with Crippen molar-refractivity contribution in [3.8, 4) is 5.75 Å². The summed E-state index contributed by atoms with van der Waals surface area (Å²) in [5.41, 5.74) is 2.58. The molecule has 3 rings (SSSR count). The van der Waals surface area contributed by atoms with Crippen LogP contribution in [0.15, 0.2) is 53.2 Å². The molecule has 0 radical (unpaired) electrons. The van der Waals surface area contributed by atoms with Gasteiger partial charge in [0.05, 0.1) is 16.3 Å². The van der Waals surface area contributed by atoms with E-state index in [2.05, 4.69) is 9.99 Å². The van der Waals surface area contributed by atoms with Crippen molar-refractivity contribution in [2.24, 2.45) is 5.16 Å². The molecule has 0 saturated heterocycles. The average Bonchev–Trinajstić information content (AvgIpc) is 2.87. The van der Waals surface area contributed by atoms with Crippen LogP contribution in [0.25, 0.3) is 6.08 Å². The maximum absolute atomic E-state index is 11.6. The third kappa shape index (κ3) is 3.61. The molecule has 0 unspecified atom stereocenters. The number of ether oxygens (including phenoxy) is 1. The van der Waals surface area contributed by atoms with Crippen LogP contribution in [0.5, 0.6) is 5.75 Å². The van der Waals surface area contributed by atoms with Crippen molar-refractivity contribution in [3.05, 3.63) is 69.2 Å². The Bertz CT molecular complexity index is 859. The quantitative estimate of drug-likeness (QED) is 0.575. The molecule has 0 saturated carbocycles. The molecular weight excluding hydrogens is 349 g/mol. The molecule has 4 nitrogen and oxygen atoms in total. The Kier molecular flexibility index (Phi) is 4.88. The molecule has 2 aromatic rings. The number of hydrogen-bond acceptors (Lipinski definition) is 4. The van der Waals surface area contributed by atoms with E-state index in [0.717, 1.165) is 11.1 Å². The number of rotatable bonds is 4. The molecule has 24 heavy (non-hydrogen) atoms. The van der Waals surface area contributed by atoms with E-state index < -0.39 is 5.97 Å². The van der Waals surface area contributed by atoms with Gasteiger partial charge in [-0.05, 0) is 36.8 Å². The second-order valence-corrected chi connectivity index (χ2v) is 6.00. The number of oxime groups is 1. The van der Waals surface area contributed by atoms with E-state index in [1.54, 1.807) is 31.2 Å². The summed E-state index contributed by atoms with van der Waals surface area (Å²) in [6, 6.07) is 12.7. The molecule has 0 bridgehead atoms. The zero-order valence-electron chi connectivity index (χ0n) is 12.8. The first kappa shape index (κ1) is 16.6. The number of carbonyl (C=O) groups is 1. The number of carbonyl (C=O) groups excluding carboxylic acids is 1. The van der Waals surface area contributed by atoms with Gasteiger partial charge in [0.15, 0.2) is 0 Å². The number of benzene rings is 2. The smallest absolute Gasteiger partial charge is 0.367 e. The first-order valence-corrected chi connectivity index (χ1v) is 7.94. The largest absolute Gasteiger partial charge is 0.487 e. The zero-order chi connectivity index (χ0) is 17.1. The van der Waals surface area contributed by atoms with Crippen LogP contribution >= 0.6 is 23.2 Å². The molecule has 122 valence electrons. The second kappa shape index (κ2) is 7.07. The highest BCUT2D eigenvalue weighted by molar-refractivity contribution is 6.32. The summed E-state index contributed by atoms with van der Waals surface area (Å²) in [6.07, 6.45) is 1.68. The van der Waals surface area contributed by atoms with Crippen LogP contribution < -0.4 is 4.74 Å². The van der Waals surface area contributed by atoms with Gasteiger partial charge in [-0.15, -0.1) is 0 Å². The Morgan fingerprint density at radius 1 is 1.17 bits per heavy atom. The molecule has 6 heteroatoms. The van der Waals surface area contributed by atoms with Crippen LogP contribution in [-0.4, -0.2) is 11.7 Å². The summed E-state index contributed by atoms with van der Waals surface area (Å²) in [6.45, 7) is 2.03. The monoisotopic (exact) mass is 361 g/mol. The van der Waals surface area contributed by atoms with E-state index in [-0.39, 0.29) is 0 Å². The van der Waals surface area contributed by atoms with Crippen molar-refractivity contribution in [1.82, 2.24) is 0 Å². The predicted octanol–water partition coefficient (Wildman–Crippen LogP) is 4.89. The van der Waals surface area contributed by atoms with Crippen molar-refractivity contribution in [3.63, 3.8) is 0 Å². The van der Waals surface area contributed by atoms with Gasteiger partial charge in [0.25, 0.3) is 0 Å². The second-order valence-electron chi connectivity index (χ2n) is 5.18. The minimum atomic E-state index is -0.470. The summed E-state index contributed by atoms with van der Waals surface area (Å²) in [5, 5.41) is 4.72. The van der Waals surface area contributed by atoms with Crippen molar-refractivity contribution in [1.29, 1.82) is 0 Å². The highest BCUT2D eigenvalue weighted by Gasteiger charge is 2.21. The lowest BCUT2D eigenvalue weighted by Gasteiger charge is -2.10. The molecule has 0 aromatic heterocycles. The lowest BCUT2D eigenvalue weighted by atomic mass is 10.1. The van der Waals surface area contributed by atoms with Crippen molar-refractivity contribution < 1.29 is 14.4 Å². The van der Waals surface area contributed by atoms with Gasteiger partial charge in [-0.2, -0.15) is 0 Å². The van der Waals surface area contributed by atoms with Gasteiger partial charge in [-0.1, -0.05) is 52.6 Å². The van der Waals surface area contributed by atoms with E-state index in [9.17, 15) is 4.79 Å². The first-order valence-electron chi connectivity index (χ1n) is 7.18. The highest BCUT2D eigenvalue weighted by atomic mass is 35.5. The molecule has 0 N–H and O–H groups in total. The Labute approximate surface area is 149 Å². The van der Waals surface area contributed by atoms with E-state index in [1.165, 1.54) is 0 Å². The number of nitrogens with zero attached hydrogens (tertiary/aromatic N) is 1. The summed E-state index contributed by atoms with van der Waals surface area (Å²) in [7, 11) is 0. The normalized spacial score (nSPS) is 15.4. The van der Waals surface area contributed by atoms with Gasteiger partial charge in [0.1, 0.15) is 12.4 Å². The summed E-state index contributed by atoms with van der Waals surface area (Å²) < 4.78 is 5.72. The Hall–Kier alpha value is -2.30. The fraction of sp³-hybridized carbons (Fsp3) is 0.111. The molecule has 0 atom stereocenters. The minimum Gasteiger partial charge on any atom is -0.487 e. The average molecular weight is 362 g/mol. The topological polar surface area (TPSA) is 47.9 Å². The molecular formula is C18H13Cl2NO3. The SMILES string of the molecule is CC1=NOC(=O)/C1=C/c1ccc(OCc2ccccc2Cl)c(Cl)c1. The van der Waals surface area contributed by atoms with Gasteiger partial charge < -0.3 is 9.57 Å². The molecule has 0 amide bonds. The Balaban J connectivity index is 1.76. The third-order valence-electron chi connectivity index (χ3n) is 3.48. The van der Waals surface area contributed by atoms with E-state index in [0.29, 0.717) is 33.7 Å². The van der Waals surface area contributed by atoms with E-state index >= 15 is 0 Å². The van der Waals surface area contributed by atoms with E-state index in [4.69, 9.17) is 27.9 Å². The van der Waals surface area contributed by atoms with Crippen molar-refractivity contribution in [2.75, 3.05) is 0 Å². The van der Waals surface area contributed by atoms with Crippen LogP contribution in [0.2, 0.25) is 10.0 Å². The Morgan fingerprint density at radius 2 is 1.96 bits per heavy atom. The summed E-state index contributed by atoms with van der Waals surface area (Å²) >= 11 is 12.4. The van der Waals surface area contributed by atoms with Crippen LogP contribution in [0.3, 0.4) is 0 Å². The van der Waals surface area contributed by atoms with Gasteiger partial charge in [0, 0.05) is 10.6 Å². The third-order valence-corrected chi connectivity index (χ3v) is 4.15. The minimum absolute atomic E-state index is 0.317. The van der Waals surface area contributed by atoms with Gasteiger partial charge >= 0.3 is 5.97 Å². The Morgan fingerprint density at radius 3 is 2.62 bits per heavy atom. The van der Waals surface area contributed by atoms with Gasteiger partial charge in [0.2, 0.25) is 0 Å². The molecule has 0 spiro atoms. The van der Waals surface area contributed by atoms with Gasteiger partial charge in [-0.25, -0.2) is 4.79 Å². The molecule has 2 aromatic carbocycles. The van der Waals surface area contributed by atoms with Crippen LogP contribution in [-0.2, 0) is 16.2 Å². The maximum Gasteiger partial charge on any atom is 0.367 e. The fourth-order valence-corrected chi connectivity index (χ4v) is 2.61. The zero-order valence-corrected chi connectivity index (χ0v) is 14.3. The lowest BCUT2D eigenvalue weighted by Crippen LogP contribution is -2.01. The van der Waals surface area contributed by atoms with Crippen molar-refractivity contribution >= 4 is 41.0 Å². The molecule has 0 fully saturated rings. The standard InChI is InChI=1S/C18H13Cl2NO3/c1-11-14(18(22)24-21-11)8-12-6-7-17(16(20)9-12)23-10-13-4-2-3-5-15(13)19/h2-9H,10H2,1H3/b14-8+. The van der Waals surface area contributed by atoms with Crippen molar-refractivity contribution in [2.45, 2.75) is 13.5 Å². The first-order chi connectivity index (χ1) is 11.5. The van der Waals surface area contributed by atoms with E-state index in [1.807, 2.05) is 24.3 Å². The number of halogens is 2. The molecule has 1 aliphatic heterocycles. The molecule has 1 aliphatic rings. The lowest BCUT2D eigenvalue weighted by molar-refractivity contribution is -0.136. The predicted molar refractivity (Wildman–Crippen MR) is 94.4 cm³/mol. The maximum atomic E-state index is 11.6. The van der Waals surface area contributed by atoms with Gasteiger partial charge in [-0.3, -0.25) is 0 Å². The molecule has 0 aliphatic carbocycles. The highest BCUT2D eigenvalue weighted by Crippen LogP contribution is 2.28. The fourth-order valence-electron chi connectivity index (χ4n) is 2.18. The van der Waals surface area contributed by atoms with Crippen LogP contribution in [0.4, 0.5) is 0 Å². The van der Waals surface area contributed by atoms with Crippen LogP contribution in [0.1, 0.15) is 18.1 Å². The summed E-state index contributed by atoms with van der Waals surface area (Å²) in [5.74, 6) is 0.0702. The molecule has 1 heterocycles.